The average molecular weight is 453 g/mol. The first-order valence-corrected chi connectivity index (χ1v) is 10.9. The predicted octanol–water partition coefficient (Wildman–Crippen LogP) is 3.60. The van der Waals surface area contributed by atoms with Crippen molar-refractivity contribution < 1.29 is 4.79 Å². The summed E-state index contributed by atoms with van der Waals surface area (Å²) < 4.78 is 0. The number of likely N-dealkylation sites (N-methyl/N-ethyl adjacent to an activating group) is 1. The molecule has 3 N–H and O–H groups in total. The third kappa shape index (κ3) is 4.28. The molecule has 0 bridgehead atoms. The molecule has 9 heteroatoms. The Kier molecular flexibility index (Phi) is 5.84. The summed E-state index contributed by atoms with van der Waals surface area (Å²) in [5, 5.41) is 17.3. The second-order valence-corrected chi connectivity index (χ2v) is 8.18. The summed E-state index contributed by atoms with van der Waals surface area (Å²) in [6, 6.07) is 15.3. The highest BCUT2D eigenvalue weighted by atomic mass is 16.1. The zero-order valence-corrected chi connectivity index (χ0v) is 18.9. The van der Waals surface area contributed by atoms with Crippen molar-refractivity contribution in [2.45, 2.75) is 0 Å². The van der Waals surface area contributed by atoms with E-state index >= 15 is 0 Å². The predicted molar refractivity (Wildman–Crippen MR) is 133 cm³/mol. The molecule has 5 aromatic rings. The monoisotopic (exact) mass is 452 g/mol. The number of carbonyl (C=O) groups is 1. The lowest BCUT2D eigenvalue weighted by Gasteiger charge is -2.13. The number of hydrogen-bond acceptors (Lipinski definition) is 7. The van der Waals surface area contributed by atoms with Crippen molar-refractivity contribution in [3.8, 4) is 11.4 Å². The Morgan fingerprint density at radius 1 is 1.03 bits per heavy atom. The number of anilines is 2. The van der Waals surface area contributed by atoms with Crippen molar-refractivity contribution in [3.63, 3.8) is 0 Å². The molecule has 0 saturated carbocycles. The lowest BCUT2D eigenvalue weighted by atomic mass is 10.0. The maximum Gasteiger partial charge on any atom is 0.251 e. The van der Waals surface area contributed by atoms with Gasteiger partial charge in [-0.15, -0.1) is 10.2 Å². The molecule has 0 spiro atoms. The van der Waals surface area contributed by atoms with Crippen LogP contribution in [0.4, 0.5) is 11.5 Å². The molecular formula is C25H24N8O. The third-order valence-electron chi connectivity index (χ3n) is 5.55. The van der Waals surface area contributed by atoms with Crippen molar-refractivity contribution in [2.75, 3.05) is 32.5 Å². The molecule has 170 valence electrons. The summed E-state index contributed by atoms with van der Waals surface area (Å²) in [5.74, 6) is 1.25. The van der Waals surface area contributed by atoms with Crippen LogP contribution < -0.4 is 10.6 Å². The minimum atomic E-state index is -0.0922. The van der Waals surface area contributed by atoms with E-state index in [-0.39, 0.29) is 5.91 Å². The molecule has 1 amide bonds. The van der Waals surface area contributed by atoms with E-state index in [1.807, 2.05) is 61.6 Å². The summed E-state index contributed by atoms with van der Waals surface area (Å²) in [5.41, 5.74) is 3.08. The molecule has 0 aliphatic rings. The zero-order chi connectivity index (χ0) is 23.5. The van der Waals surface area contributed by atoms with E-state index in [4.69, 9.17) is 4.98 Å². The lowest BCUT2D eigenvalue weighted by Crippen LogP contribution is -2.31. The molecule has 5 rings (SSSR count). The zero-order valence-electron chi connectivity index (χ0n) is 18.9. The Morgan fingerprint density at radius 3 is 2.65 bits per heavy atom. The number of rotatable bonds is 7. The largest absolute Gasteiger partial charge is 0.351 e. The maximum absolute atomic E-state index is 12.4. The van der Waals surface area contributed by atoms with Gasteiger partial charge in [0.2, 0.25) is 0 Å². The van der Waals surface area contributed by atoms with E-state index in [9.17, 15) is 4.79 Å². The van der Waals surface area contributed by atoms with Crippen molar-refractivity contribution >= 4 is 39.1 Å². The Morgan fingerprint density at radius 2 is 1.88 bits per heavy atom. The number of benzene rings is 2. The minimum absolute atomic E-state index is 0.0922. The highest BCUT2D eigenvalue weighted by Gasteiger charge is 2.14. The van der Waals surface area contributed by atoms with Gasteiger partial charge < -0.3 is 20.5 Å². The standard InChI is InChI=1S/C25H24N8O/c1-33(2)13-12-27-25(34)16-6-8-17(9-7-16)30-24-19-10-11-26-14-21(19)18-4-3-5-20(22(18)31-24)23-28-15-29-32-23/h3-11,14-15H,12-13H2,1-2H3,(H,27,34)(H,30,31)(H,28,29,32). The van der Waals surface area contributed by atoms with Crippen LogP contribution in [0.5, 0.6) is 0 Å². The van der Waals surface area contributed by atoms with Gasteiger partial charge in [0.15, 0.2) is 5.82 Å². The van der Waals surface area contributed by atoms with Gasteiger partial charge in [-0.25, -0.2) is 4.98 Å². The normalized spacial score (nSPS) is 11.3. The number of carbonyl (C=O) groups excluding carboxylic acids is 1. The molecule has 2 aromatic carbocycles. The van der Waals surface area contributed by atoms with E-state index in [1.54, 1.807) is 24.7 Å². The molecule has 0 radical (unpaired) electrons. The Labute approximate surface area is 196 Å². The van der Waals surface area contributed by atoms with Crippen LogP contribution in [-0.2, 0) is 0 Å². The molecule has 0 saturated heterocycles. The average Bonchev–Trinajstić information content (AvgIpc) is 3.39. The number of nitrogens with one attached hydrogen (secondary N) is 3. The number of para-hydroxylation sites is 1. The fraction of sp³-hybridized carbons (Fsp3) is 0.160. The smallest absolute Gasteiger partial charge is 0.251 e. The SMILES string of the molecule is CN(C)CCNC(=O)c1ccc(Nc2nc3c(-c4nnc[nH]4)cccc3c3cnccc23)cc1. The number of nitrogens with zero attached hydrogens (tertiary/aromatic N) is 5. The number of aromatic amines is 1. The van der Waals surface area contributed by atoms with Gasteiger partial charge in [-0.3, -0.25) is 9.78 Å². The first-order valence-electron chi connectivity index (χ1n) is 10.9. The van der Waals surface area contributed by atoms with Gasteiger partial charge in [0.1, 0.15) is 12.1 Å². The molecule has 0 fully saturated rings. The molecule has 9 nitrogen and oxygen atoms in total. The molecule has 34 heavy (non-hydrogen) atoms. The lowest BCUT2D eigenvalue weighted by molar-refractivity contribution is 0.0951. The maximum atomic E-state index is 12.4. The summed E-state index contributed by atoms with van der Waals surface area (Å²) in [6.07, 6.45) is 5.15. The molecule has 3 heterocycles. The van der Waals surface area contributed by atoms with Crippen LogP contribution in [0.2, 0.25) is 0 Å². The van der Waals surface area contributed by atoms with Gasteiger partial charge in [-0.2, -0.15) is 0 Å². The van der Waals surface area contributed by atoms with Crippen LogP contribution in [0.25, 0.3) is 33.1 Å². The van der Waals surface area contributed by atoms with Crippen molar-refractivity contribution in [1.82, 2.24) is 35.4 Å². The highest BCUT2D eigenvalue weighted by molar-refractivity contribution is 6.13. The first-order chi connectivity index (χ1) is 16.6. The van der Waals surface area contributed by atoms with Gasteiger partial charge in [0.05, 0.1) is 5.52 Å². The van der Waals surface area contributed by atoms with E-state index in [0.29, 0.717) is 23.8 Å². The van der Waals surface area contributed by atoms with Crippen molar-refractivity contribution in [3.05, 3.63) is 72.8 Å². The summed E-state index contributed by atoms with van der Waals surface area (Å²) in [7, 11) is 3.95. The van der Waals surface area contributed by atoms with E-state index in [2.05, 4.69) is 30.8 Å². The topological polar surface area (TPSA) is 112 Å². The highest BCUT2D eigenvalue weighted by Crippen LogP contribution is 2.34. The van der Waals surface area contributed by atoms with Gasteiger partial charge in [-0.1, -0.05) is 12.1 Å². The number of pyridine rings is 2. The van der Waals surface area contributed by atoms with Gasteiger partial charge in [-0.05, 0) is 50.5 Å². The van der Waals surface area contributed by atoms with Gasteiger partial charge in [0, 0.05) is 58.5 Å². The van der Waals surface area contributed by atoms with Crippen LogP contribution >= 0.6 is 0 Å². The molecule has 0 aliphatic heterocycles. The second-order valence-electron chi connectivity index (χ2n) is 8.18. The Bertz CT molecular complexity index is 1450. The number of H-pyrrole nitrogens is 1. The first kappa shape index (κ1) is 21.5. The number of amides is 1. The van der Waals surface area contributed by atoms with E-state index in [0.717, 1.165) is 39.5 Å². The van der Waals surface area contributed by atoms with Crippen LogP contribution in [0.1, 0.15) is 10.4 Å². The number of hydrogen-bond donors (Lipinski definition) is 3. The molecule has 0 unspecified atom stereocenters. The Hall–Kier alpha value is -4.37. The van der Waals surface area contributed by atoms with Crippen LogP contribution in [-0.4, -0.2) is 63.1 Å². The molecule has 3 aromatic heterocycles. The van der Waals surface area contributed by atoms with Gasteiger partial charge >= 0.3 is 0 Å². The summed E-state index contributed by atoms with van der Waals surface area (Å²) >= 11 is 0. The Balaban J connectivity index is 1.49. The summed E-state index contributed by atoms with van der Waals surface area (Å²) in [4.78, 5) is 26.8. The van der Waals surface area contributed by atoms with E-state index < -0.39 is 0 Å². The van der Waals surface area contributed by atoms with Crippen LogP contribution in [0.3, 0.4) is 0 Å². The number of fused-ring (bicyclic) bond motifs is 3. The van der Waals surface area contributed by atoms with Crippen LogP contribution in [0.15, 0.2) is 67.3 Å². The quantitative estimate of drug-likeness (QED) is 0.324. The molecular weight excluding hydrogens is 428 g/mol. The fourth-order valence-electron chi connectivity index (χ4n) is 3.83. The minimum Gasteiger partial charge on any atom is -0.351 e. The number of aromatic nitrogens is 5. The third-order valence-corrected chi connectivity index (χ3v) is 5.55. The summed E-state index contributed by atoms with van der Waals surface area (Å²) in [6.45, 7) is 1.39. The van der Waals surface area contributed by atoms with Crippen LogP contribution in [0, 0.1) is 0 Å². The second kappa shape index (κ2) is 9.24. The van der Waals surface area contributed by atoms with E-state index in [1.165, 1.54) is 0 Å². The molecule has 0 aliphatic carbocycles. The van der Waals surface area contributed by atoms with Crippen molar-refractivity contribution in [1.29, 1.82) is 0 Å². The van der Waals surface area contributed by atoms with Crippen molar-refractivity contribution in [2.24, 2.45) is 0 Å². The fourth-order valence-corrected chi connectivity index (χ4v) is 3.83. The van der Waals surface area contributed by atoms with Gasteiger partial charge in [0.25, 0.3) is 5.91 Å². The molecule has 0 atom stereocenters.